The lowest BCUT2D eigenvalue weighted by atomic mass is 10.0. The van der Waals surface area contributed by atoms with Crippen molar-refractivity contribution < 1.29 is 9.53 Å². The highest BCUT2D eigenvalue weighted by Crippen LogP contribution is 2.16. The second-order valence-electron chi connectivity index (χ2n) is 3.18. The molecule has 0 heterocycles. The van der Waals surface area contributed by atoms with Crippen LogP contribution in [0.2, 0.25) is 0 Å². The monoisotopic (exact) mass is 329 g/mol. The predicted octanol–water partition coefficient (Wildman–Crippen LogP) is 2.92. The van der Waals surface area contributed by atoms with Gasteiger partial charge in [0.15, 0.2) is 0 Å². The topological polar surface area (TPSA) is 50.1 Å². The zero-order valence-electron chi connectivity index (χ0n) is 9.00. The Morgan fingerprint density at radius 3 is 2.94 bits per heavy atom. The standard InChI is InChI=1S/C12H12INO2/c1-2-16-12(15)11-8-10(13)6-5-9(11)4-3-7-14/h5-6,8H,2-4H2,1H3. The highest BCUT2D eigenvalue weighted by Gasteiger charge is 2.12. The zero-order chi connectivity index (χ0) is 12.0. The van der Waals surface area contributed by atoms with Crippen molar-refractivity contribution in [1.82, 2.24) is 0 Å². The summed E-state index contributed by atoms with van der Waals surface area (Å²) in [7, 11) is 0. The maximum Gasteiger partial charge on any atom is 0.338 e. The molecule has 3 nitrogen and oxygen atoms in total. The molecule has 1 aromatic rings. The van der Waals surface area contributed by atoms with Crippen molar-refractivity contribution in [2.75, 3.05) is 6.61 Å². The summed E-state index contributed by atoms with van der Waals surface area (Å²) in [5, 5.41) is 8.55. The van der Waals surface area contributed by atoms with Gasteiger partial charge in [0.1, 0.15) is 0 Å². The van der Waals surface area contributed by atoms with Crippen LogP contribution in [0.5, 0.6) is 0 Å². The number of nitrogens with zero attached hydrogens (tertiary/aromatic N) is 1. The number of esters is 1. The van der Waals surface area contributed by atoms with Crippen molar-refractivity contribution in [3.63, 3.8) is 0 Å². The molecule has 0 unspecified atom stereocenters. The largest absolute Gasteiger partial charge is 0.462 e. The Bertz CT molecular complexity index is 424. The molecule has 0 saturated carbocycles. The van der Waals surface area contributed by atoms with Crippen LogP contribution in [0.25, 0.3) is 0 Å². The summed E-state index contributed by atoms with van der Waals surface area (Å²) >= 11 is 2.15. The fraction of sp³-hybridized carbons (Fsp3) is 0.333. The van der Waals surface area contributed by atoms with Gasteiger partial charge in [0.2, 0.25) is 0 Å². The molecule has 0 fully saturated rings. The van der Waals surface area contributed by atoms with Gasteiger partial charge in [-0.1, -0.05) is 6.07 Å². The lowest BCUT2D eigenvalue weighted by Gasteiger charge is -2.07. The first-order valence-corrected chi connectivity index (χ1v) is 6.09. The average Bonchev–Trinajstić information content (AvgIpc) is 2.27. The zero-order valence-corrected chi connectivity index (χ0v) is 11.2. The first-order valence-electron chi connectivity index (χ1n) is 5.01. The minimum atomic E-state index is -0.311. The Hall–Kier alpha value is -1.09. The molecule has 0 aliphatic carbocycles. The lowest BCUT2D eigenvalue weighted by Crippen LogP contribution is -2.08. The molecule has 1 aromatic carbocycles. The molecule has 4 heteroatoms. The Labute approximate surface area is 109 Å². The molecule has 0 bridgehead atoms. The molecular weight excluding hydrogens is 317 g/mol. The Morgan fingerprint density at radius 1 is 1.56 bits per heavy atom. The summed E-state index contributed by atoms with van der Waals surface area (Å²) in [6, 6.07) is 7.68. The van der Waals surface area contributed by atoms with Crippen LogP contribution in [0.4, 0.5) is 0 Å². The van der Waals surface area contributed by atoms with Gasteiger partial charge in [-0.25, -0.2) is 4.79 Å². The van der Waals surface area contributed by atoms with E-state index < -0.39 is 0 Å². The van der Waals surface area contributed by atoms with E-state index in [1.807, 2.05) is 12.1 Å². The number of carbonyl (C=O) groups is 1. The molecule has 0 aromatic heterocycles. The van der Waals surface area contributed by atoms with E-state index in [4.69, 9.17) is 10.00 Å². The first-order chi connectivity index (χ1) is 7.69. The van der Waals surface area contributed by atoms with Crippen molar-refractivity contribution in [3.8, 4) is 6.07 Å². The van der Waals surface area contributed by atoms with Gasteiger partial charge in [-0.15, -0.1) is 0 Å². The number of rotatable bonds is 4. The van der Waals surface area contributed by atoms with E-state index in [1.54, 1.807) is 13.0 Å². The minimum absolute atomic E-state index is 0.311. The van der Waals surface area contributed by atoms with Crippen LogP contribution in [0, 0.1) is 14.9 Å². The summed E-state index contributed by atoms with van der Waals surface area (Å²) in [6.07, 6.45) is 0.995. The molecule has 0 aliphatic heterocycles. The normalized spacial score (nSPS) is 9.56. The number of halogens is 1. The lowest BCUT2D eigenvalue weighted by molar-refractivity contribution is 0.0525. The van der Waals surface area contributed by atoms with Gasteiger partial charge in [0.25, 0.3) is 0 Å². The number of ether oxygens (including phenoxy) is 1. The molecule has 1 rings (SSSR count). The molecule has 0 spiro atoms. The van der Waals surface area contributed by atoms with Crippen molar-refractivity contribution in [1.29, 1.82) is 5.26 Å². The van der Waals surface area contributed by atoms with E-state index in [0.29, 0.717) is 25.0 Å². The molecule has 0 saturated heterocycles. The number of aryl methyl sites for hydroxylation is 1. The minimum Gasteiger partial charge on any atom is -0.462 e. The smallest absolute Gasteiger partial charge is 0.338 e. The maximum absolute atomic E-state index is 11.7. The highest BCUT2D eigenvalue weighted by molar-refractivity contribution is 14.1. The Balaban J connectivity index is 2.98. The number of benzene rings is 1. The Morgan fingerprint density at radius 2 is 2.31 bits per heavy atom. The van der Waals surface area contributed by atoms with Crippen LogP contribution in [-0.2, 0) is 11.2 Å². The fourth-order valence-electron chi connectivity index (χ4n) is 1.36. The van der Waals surface area contributed by atoms with Crippen LogP contribution in [0.1, 0.15) is 29.3 Å². The molecule has 16 heavy (non-hydrogen) atoms. The second-order valence-corrected chi connectivity index (χ2v) is 4.43. The summed E-state index contributed by atoms with van der Waals surface area (Å²) in [5.41, 5.74) is 1.45. The van der Waals surface area contributed by atoms with Crippen molar-refractivity contribution in [2.45, 2.75) is 19.8 Å². The van der Waals surface area contributed by atoms with Crippen molar-refractivity contribution in [2.24, 2.45) is 0 Å². The number of hydrogen-bond acceptors (Lipinski definition) is 3. The van der Waals surface area contributed by atoms with Gasteiger partial charge >= 0.3 is 5.97 Å². The van der Waals surface area contributed by atoms with Gasteiger partial charge in [0.05, 0.1) is 18.2 Å². The molecule has 0 radical (unpaired) electrons. The predicted molar refractivity (Wildman–Crippen MR) is 69.0 cm³/mol. The molecule has 84 valence electrons. The van der Waals surface area contributed by atoms with E-state index in [9.17, 15) is 4.79 Å². The van der Waals surface area contributed by atoms with E-state index in [0.717, 1.165) is 9.13 Å². The summed E-state index contributed by atoms with van der Waals surface area (Å²) in [5.74, 6) is -0.311. The maximum atomic E-state index is 11.7. The number of carbonyl (C=O) groups excluding carboxylic acids is 1. The molecule has 0 amide bonds. The number of nitriles is 1. The van der Waals surface area contributed by atoms with Crippen LogP contribution >= 0.6 is 22.6 Å². The van der Waals surface area contributed by atoms with E-state index in [-0.39, 0.29) is 5.97 Å². The van der Waals surface area contributed by atoms with Crippen molar-refractivity contribution >= 4 is 28.6 Å². The van der Waals surface area contributed by atoms with Crippen LogP contribution < -0.4 is 0 Å². The second kappa shape index (κ2) is 6.48. The average molecular weight is 329 g/mol. The highest BCUT2D eigenvalue weighted by atomic mass is 127. The van der Waals surface area contributed by atoms with Gasteiger partial charge in [-0.3, -0.25) is 0 Å². The third-order valence-corrected chi connectivity index (χ3v) is 2.74. The van der Waals surface area contributed by atoms with Gasteiger partial charge in [-0.05, 0) is 53.6 Å². The van der Waals surface area contributed by atoms with Crippen molar-refractivity contribution in [3.05, 3.63) is 32.9 Å². The van der Waals surface area contributed by atoms with E-state index in [2.05, 4.69) is 28.7 Å². The summed E-state index contributed by atoms with van der Waals surface area (Å²) in [4.78, 5) is 11.7. The van der Waals surface area contributed by atoms with Crippen LogP contribution in [0.15, 0.2) is 18.2 Å². The van der Waals surface area contributed by atoms with Gasteiger partial charge in [0, 0.05) is 9.99 Å². The summed E-state index contributed by atoms with van der Waals surface area (Å²) < 4.78 is 5.97. The van der Waals surface area contributed by atoms with Crippen LogP contribution in [0.3, 0.4) is 0 Å². The van der Waals surface area contributed by atoms with E-state index >= 15 is 0 Å². The van der Waals surface area contributed by atoms with Gasteiger partial charge in [-0.2, -0.15) is 5.26 Å². The first kappa shape index (κ1) is 13.0. The molecule has 0 aliphatic rings. The molecular formula is C12H12INO2. The molecule has 0 atom stereocenters. The number of hydrogen-bond donors (Lipinski definition) is 0. The fourth-order valence-corrected chi connectivity index (χ4v) is 1.85. The quantitative estimate of drug-likeness (QED) is 0.630. The van der Waals surface area contributed by atoms with Crippen LogP contribution in [-0.4, -0.2) is 12.6 Å². The summed E-state index contributed by atoms with van der Waals surface area (Å²) in [6.45, 7) is 2.14. The molecule has 0 N–H and O–H groups in total. The Kier molecular flexibility index (Phi) is 5.26. The third-order valence-electron chi connectivity index (χ3n) is 2.07. The SMILES string of the molecule is CCOC(=O)c1cc(I)ccc1CCC#N. The van der Waals surface area contributed by atoms with Gasteiger partial charge < -0.3 is 4.74 Å². The van der Waals surface area contributed by atoms with E-state index in [1.165, 1.54) is 0 Å². The third kappa shape index (κ3) is 3.49.